The summed E-state index contributed by atoms with van der Waals surface area (Å²) in [6.45, 7) is 3.09. The van der Waals surface area contributed by atoms with Crippen LogP contribution in [0.5, 0.6) is 0 Å². The van der Waals surface area contributed by atoms with Crippen molar-refractivity contribution in [2.75, 3.05) is 21.0 Å². The molecule has 0 aromatic heterocycles. The Morgan fingerprint density at radius 1 is 1.24 bits per heavy atom. The second-order valence-corrected chi connectivity index (χ2v) is 9.05. The summed E-state index contributed by atoms with van der Waals surface area (Å²) in [5, 5.41) is 2.35. The smallest absolute Gasteiger partial charge is 0.407 e. The van der Waals surface area contributed by atoms with Crippen LogP contribution in [0.25, 0.3) is 5.57 Å². The third-order valence-corrected chi connectivity index (χ3v) is 5.59. The lowest BCUT2D eigenvalue weighted by molar-refractivity contribution is -0.172. The first-order valence-electron chi connectivity index (χ1n) is 10.3. The van der Waals surface area contributed by atoms with Crippen molar-refractivity contribution in [1.82, 2.24) is 5.32 Å². The molecule has 0 saturated heterocycles. The molecular formula is C23H28BrF4NO4. The van der Waals surface area contributed by atoms with Gasteiger partial charge in [0.25, 0.3) is 0 Å². The van der Waals surface area contributed by atoms with E-state index in [4.69, 9.17) is 9.47 Å². The zero-order valence-electron chi connectivity index (χ0n) is 18.8. The van der Waals surface area contributed by atoms with Gasteiger partial charge >= 0.3 is 12.1 Å². The second-order valence-electron chi connectivity index (χ2n) is 8.13. The van der Waals surface area contributed by atoms with E-state index in [9.17, 15) is 18.0 Å². The van der Waals surface area contributed by atoms with Gasteiger partial charge in [0.2, 0.25) is 5.85 Å². The van der Waals surface area contributed by atoms with Crippen molar-refractivity contribution in [1.29, 1.82) is 0 Å². The minimum Gasteiger partial charge on any atom is -0.468 e. The first-order chi connectivity index (χ1) is 15.4. The van der Waals surface area contributed by atoms with Crippen molar-refractivity contribution in [3.63, 3.8) is 0 Å². The Kier molecular flexibility index (Phi) is 9.66. The molecule has 0 amide bonds. The molecule has 3 unspecified atom stereocenters. The third-order valence-electron chi connectivity index (χ3n) is 5.10. The second kappa shape index (κ2) is 11.6. The van der Waals surface area contributed by atoms with Crippen LogP contribution in [0.1, 0.15) is 32.3 Å². The highest BCUT2D eigenvalue weighted by atomic mass is 79.9. The first kappa shape index (κ1) is 27.5. The molecular weight excluding hydrogens is 510 g/mol. The van der Waals surface area contributed by atoms with E-state index in [-0.39, 0.29) is 23.5 Å². The zero-order valence-corrected chi connectivity index (χ0v) is 20.4. The quantitative estimate of drug-likeness (QED) is 0.240. The Labute approximate surface area is 199 Å². The van der Waals surface area contributed by atoms with E-state index in [0.29, 0.717) is 10.0 Å². The van der Waals surface area contributed by atoms with Crippen molar-refractivity contribution < 1.29 is 36.6 Å². The van der Waals surface area contributed by atoms with Gasteiger partial charge in [0.05, 0.1) is 7.11 Å². The first-order valence-corrected chi connectivity index (χ1v) is 11.1. The number of ether oxygens (including phenoxy) is 3. The molecule has 0 bridgehead atoms. The molecule has 1 aliphatic rings. The van der Waals surface area contributed by atoms with E-state index in [0.717, 1.165) is 7.11 Å². The molecule has 0 fully saturated rings. The van der Waals surface area contributed by atoms with Crippen molar-refractivity contribution in [3.05, 3.63) is 52.0 Å². The third kappa shape index (κ3) is 7.37. The minimum absolute atomic E-state index is 0.0669. The number of rotatable bonds is 10. The highest BCUT2D eigenvalue weighted by Crippen LogP contribution is 2.43. The van der Waals surface area contributed by atoms with Crippen LogP contribution in [0.4, 0.5) is 17.6 Å². The SMILES string of the molecule is COCOC1(F)CC(C(NC(CC(C)C)C(=O)OC)C(F)(F)F)=CC=C1c1cccc(Br)c1. The van der Waals surface area contributed by atoms with Gasteiger partial charge in [-0.1, -0.05) is 54.1 Å². The zero-order chi connectivity index (χ0) is 24.8. The number of benzene rings is 1. The molecule has 0 saturated carbocycles. The van der Waals surface area contributed by atoms with Crippen LogP contribution in [-0.2, 0) is 19.0 Å². The molecule has 184 valence electrons. The van der Waals surface area contributed by atoms with Crippen molar-refractivity contribution in [2.24, 2.45) is 5.92 Å². The predicted molar refractivity (Wildman–Crippen MR) is 120 cm³/mol. The molecule has 0 heterocycles. The summed E-state index contributed by atoms with van der Waals surface area (Å²) in [6.07, 6.45) is -2.89. The number of carbonyl (C=O) groups excluding carboxylic acids is 1. The van der Waals surface area contributed by atoms with Gasteiger partial charge in [-0.05, 0) is 35.6 Å². The number of methoxy groups -OCH3 is 2. The summed E-state index contributed by atoms with van der Waals surface area (Å²) in [4.78, 5) is 12.1. The number of alkyl halides is 4. The van der Waals surface area contributed by atoms with E-state index in [2.05, 4.69) is 26.0 Å². The van der Waals surface area contributed by atoms with Crippen LogP contribution in [0.15, 0.2) is 46.5 Å². The van der Waals surface area contributed by atoms with Crippen molar-refractivity contribution >= 4 is 27.5 Å². The molecule has 1 aliphatic carbocycles. The highest BCUT2D eigenvalue weighted by molar-refractivity contribution is 9.10. The Morgan fingerprint density at radius 2 is 1.94 bits per heavy atom. The molecule has 0 radical (unpaired) electrons. The Bertz CT molecular complexity index is 887. The Balaban J connectivity index is 2.50. The number of carbonyl (C=O) groups is 1. The molecule has 33 heavy (non-hydrogen) atoms. The maximum Gasteiger partial charge on any atom is 0.407 e. The topological polar surface area (TPSA) is 56.8 Å². The van der Waals surface area contributed by atoms with E-state index in [1.807, 2.05) is 0 Å². The number of hydrogen-bond donors (Lipinski definition) is 1. The summed E-state index contributed by atoms with van der Waals surface area (Å²) in [6, 6.07) is 3.21. The average Bonchev–Trinajstić information content (AvgIpc) is 2.73. The molecule has 0 spiro atoms. The van der Waals surface area contributed by atoms with Gasteiger partial charge in [-0.3, -0.25) is 10.1 Å². The van der Waals surface area contributed by atoms with Gasteiger partial charge < -0.3 is 14.2 Å². The highest BCUT2D eigenvalue weighted by Gasteiger charge is 2.49. The number of nitrogens with one attached hydrogen (secondary N) is 1. The van der Waals surface area contributed by atoms with Gasteiger partial charge in [0.1, 0.15) is 18.9 Å². The molecule has 5 nitrogen and oxygen atoms in total. The fraction of sp³-hybridized carbons (Fsp3) is 0.522. The average molecular weight is 538 g/mol. The van der Waals surface area contributed by atoms with E-state index in [1.54, 1.807) is 38.1 Å². The molecule has 2 rings (SSSR count). The lowest BCUT2D eigenvalue weighted by Crippen LogP contribution is -2.53. The maximum atomic E-state index is 16.1. The molecule has 3 atom stereocenters. The molecule has 0 aliphatic heterocycles. The van der Waals surface area contributed by atoms with Gasteiger partial charge in [0, 0.05) is 23.6 Å². The monoisotopic (exact) mass is 537 g/mol. The van der Waals surface area contributed by atoms with Crippen molar-refractivity contribution in [2.45, 2.75) is 50.8 Å². The van der Waals surface area contributed by atoms with Crippen LogP contribution in [0.2, 0.25) is 0 Å². The summed E-state index contributed by atoms with van der Waals surface area (Å²) in [5.41, 5.74) is 0.205. The largest absolute Gasteiger partial charge is 0.468 e. The molecule has 1 aromatic carbocycles. The number of esters is 1. The molecule has 1 aromatic rings. The number of allylic oxidation sites excluding steroid dienone is 2. The molecule has 10 heteroatoms. The van der Waals surface area contributed by atoms with Crippen LogP contribution >= 0.6 is 15.9 Å². The fourth-order valence-corrected chi connectivity index (χ4v) is 4.04. The normalized spacial score (nSPS) is 20.8. The summed E-state index contributed by atoms with van der Waals surface area (Å²) < 4.78 is 73.8. The Morgan fingerprint density at radius 3 is 2.48 bits per heavy atom. The van der Waals surface area contributed by atoms with Gasteiger partial charge in [-0.15, -0.1) is 0 Å². The van der Waals surface area contributed by atoms with Crippen LogP contribution < -0.4 is 5.32 Å². The van der Waals surface area contributed by atoms with Gasteiger partial charge in [-0.25, -0.2) is 4.39 Å². The minimum atomic E-state index is -4.79. The fourth-order valence-electron chi connectivity index (χ4n) is 3.64. The van der Waals surface area contributed by atoms with E-state index in [1.165, 1.54) is 19.3 Å². The predicted octanol–water partition coefficient (Wildman–Crippen LogP) is 5.56. The van der Waals surface area contributed by atoms with Crippen LogP contribution in [-0.4, -0.2) is 51.1 Å². The van der Waals surface area contributed by atoms with Crippen LogP contribution in [0.3, 0.4) is 0 Å². The van der Waals surface area contributed by atoms with Crippen LogP contribution in [0, 0.1) is 5.92 Å². The summed E-state index contributed by atoms with van der Waals surface area (Å²) >= 11 is 3.31. The van der Waals surface area contributed by atoms with Crippen molar-refractivity contribution in [3.8, 4) is 0 Å². The van der Waals surface area contributed by atoms with E-state index < -0.39 is 43.3 Å². The van der Waals surface area contributed by atoms with Gasteiger partial charge in [0.15, 0.2) is 0 Å². The molecule has 1 N–H and O–H groups in total. The van der Waals surface area contributed by atoms with Gasteiger partial charge in [-0.2, -0.15) is 13.2 Å². The van der Waals surface area contributed by atoms with E-state index >= 15 is 4.39 Å². The summed E-state index contributed by atoms with van der Waals surface area (Å²) in [5.74, 6) is -3.48. The lowest BCUT2D eigenvalue weighted by Gasteiger charge is -2.36. The number of halogens is 5. The lowest BCUT2D eigenvalue weighted by atomic mass is 9.85. The number of hydrogen-bond acceptors (Lipinski definition) is 5. The maximum absolute atomic E-state index is 16.1. The Hall–Kier alpha value is -1.75. The summed E-state index contributed by atoms with van der Waals surface area (Å²) in [7, 11) is 2.40. The standard InChI is InChI=1S/C23H28BrF4NO4/c1-14(2)10-19(21(30)32-4)29-20(23(26,27)28)16-8-9-18(15-6-5-7-17(24)11-15)22(25,12-16)33-13-31-3/h5-9,11,14,19-20,29H,10,12-13H2,1-4H3.